The molecule has 60 heavy (non-hydrogen) atoms. The third-order valence-corrected chi connectivity index (χ3v) is 12.8. The van der Waals surface area contributed by atoms with Crippen molar-refractivity contribution in [1.29, 1.82) is 0 Å². The van der Waals surface area contributed by atoms with Crippen molar-refractivity contribution in [1.82, 2.24) is 25.9 Å². The van der Waals surface area contributed by atoms with E-state index in [1.165, 1.54) is 6.42 Å². The minimum absolute atomic E-state index is 0.0430. The minimum atomic E-state index is -0.942. The average Bonchev–Trinajstić information content (AvgIpc) is 3.78. The van der Waals surface area contributed by atoms with Gasteiger partial charge >= 0.3 is 0 Å². The molecule has 1 saturated carbocycles. The van der Waals surface area contributed by atoms with Crippen molar-refractivity contribution in [2.45, 2.75) is 123 Å². The fourth-order valence-electron chi connectivity index (χ4n) is 9.12. The van der Waals surface area contributed by atoms with Crippen LogP contribution in [0.25, 0.3) is 21.5 Å². The lowest BCUT2D eigenvalue weighted by Crippen LogP contribution is -2.55. The number of benzene rings is 4. The molecule has 6 rings (SSSR count). The molecule has 3 amide bonds. The van der Waals surface area contributed by atoms with Gasteiger partial charge in [-0.05, 0) is 82.5 Å². The molecule has 4 aromatic carbocycles. The van der Waals surface area contributed by atoms with Crippen LogP contribution in [0.3, 0.4) is 0 Å². The summed E-state index contributed by atoms with van der Waals surface area (Å²) >= 11 is 0. The van der Waals surface area contributed by atoms with Crippen LogP contribution < -0.4 is 16.0 Å². The zero-order valence-electron chi connectivity index (χ0n) is 36.2. The second-order valence-electron chi connectivity index (χ2n) is 18.0. The van der Waals surface area contributed by atoms with Crippen LogP contribution in [0.2, 0.25) is 0 Å². The molecule has 0 spiro atoms. The van der Waals surface area contributed by atoms with Crippen LogP contribution in [0, 0.1) is 29.6 Å². The van der Waals surface area contributed by atoms with E-state index < -0.39 is 24.1 Å². The van der Waals surface area contributed by atoms with E-state index in [1.807, 2.05) is 36.4 Å². The minimum Gasteiger partial charge on any atom is -0.391 e. The first-order chi connectivity index (χ1) is 29.1. The van der Waals surface area contributed by atoms with Gasteiger partial charge < -0.3 is 26.0 Å². The van der Waals surface area contributed by atoms with Gasteiger partial charge in [-0.25, -0.2) is 4.98 Å². The van der Waals surface area contributed by atoms with Crippen molar-refractivity contribution in [2.24, 2.45) is 29.6 Å². The average molecular weight is 814 g/mol. The Morgan fingerprint density at radius 1 is 0.733 bits per heavy atom. The molecule has 1 aromatic heterocycles. The molecule has 1 aliphatic rings. The summed E-state index contributed by atoms with van der Waals surface area (Å²) in [4.78, 5) is 50.5. The highest BCUT2D eigenvalue weighted by Gasteiger charge is 2.34. The summed E-state index contributed by atoms with van der Waals surface area (Å²) in [5, 5.41) is 26.1. The highest BCUT2D eigenvalue weighted by atomic mass is 16.3. The predicted molar refractivity (Wildman–Crippen MR) is 242 cm³/mol. The first-order valence-corrected chi connectivity index (χ1v) is 22.5. The Bertz CT molecular complexity index is 2030. The van der Waals surface area contributed by atoms with Gasteiger partial charge in [-0.2, -0.15) is 0 Å². The summed E-state index contributed by atoms with van der Waals surface area (Å²) < 4.78 is 0. The Labute approximate surface area is 356 Å². The van der Waals surface area contributed by atoms with Crippen molar-refractivity contribution < 1.29 is 19.5 Å². The van der Waals surface area contributed by atoms with Crippen LogP contribution in [0.4, 0.5) is 0 Å². The van der Waals surface area contributed by atoms with Gasteiger partial charge in [-0.1, -0.05) is 151 Å². The van der Waals surface area contributed by atoms with Crippen LogP contribution in [0.1, 0.15) is 102 Å². The lowest BCUT2D eigenvalue weighted by Gasteiger charge is -2.33. The third kappa shape index (κ3) is 12.5. The molecule has 0 aliphatic heterocycles. The zero-order valence-corrected chi connectivity index (χ0v) is 36.2. The quantitative estimate of drug-likeness (QED) is 0.0505. The number of aliphatic hydroxyl groups excluding tert-OH is 1. The second-order valence-corrected chi connectivity index (χ2v) is 18.0. The van der Waals surface area contributed by atoms with Gasteiger partial charge in [0.25, 0.3) is 0 Å². The van der Waals surface area contributed by atoms with E-state index in [0.29, 0.717) is 44.1 Å². The largest absolute Gasteiger partial charge is 0.391 e. The van der Waals surface area contributed by atoms with Crippen LogP contribution in [0.15, 0.2) is 97.5 Å². The number of nitrogens with one attached hydrogen (secondary N) is 4. The Balaban J connectivity index is 1.27. The number of nitrogens with zero attached hydrogens (tertiary/aromatic N) is 1. The molecule has 0 bridgehead atoms. The maximum absolute atomic E-state index is 14.8. The summed E-state index contributed by atoms with van der Waals surface area (Å²) in [7, 11) is 0. The lowest BCUT2D eigenvalue weighted by molar-refractivity contribution is -0.132. The number of carbonyl (C=O) groups excluding carboxylic acids is 3. The maximum atomic E-state index is 14.8. The van der Waals surface area contributed by atoms with Gasteiger partial charge in [0.15, 0.2) is 0 Å². The molecule has 1 fully saturated rings. The van der Waals surface area contributed by atoms with Crippen LogP contribution in [-0.4, -0.2) is 57.5 Å². The second kappa shape index (κ2) is 22.0. The summed E-state index contributed by atoms with van der Waals surface area (Å²) in [5.74, 6) is -0.521. The summed E-state index contributed by atoms with van der Waals surface area (Å²) in [6.45, 7) is 9.02. The van der Waals surface area contributed by atoms with Crippen molar-refractivity contribution >= 4 is 39.3 Å². The Kier molecular flexibility index (Phi) is 16.3. The number of H-pyrrole nitrogens is 1. The molecule has 5 aromatic rings. The molecule has 5 atom stereocenters. The van der Waals surface area contributed by atoms with Crippen molar-refractivity contribution in [3.63, 3.8) is 0 Å². The van der Waals surface area contributed by atoms with E-state index in [4.69, 9.17) is 0 Å². The van der Waals surface area contributed by atoms with E-state index in [1.54, 1.807) is 12.5 Å². The van der Waals surface area contributed by atoms with E-state index >= 15 is 0 Å². The smallest absolute Gasteiger partial charge is 0.243 e. The fraction of sp³-hybridized carbons (Fsp3) is 0.490. The van der Waals surface area contributed by atoms with Crippen LogP contribution in [-0.2, 0) is 33.6 Å². The van der Waals surface area contributed by atoms with Gasteiger partial charge in [0, 0.05) is 36.7 Å². The number of aliphatic hydroxyl groups is 1. The number of hydrogen-bond acceptors (Lipinski definition) is 5. The highest BCUT2D eigenvalue weighted by molar-refractivity contribution is 5.91. The zero-order chi connectivity index (χ0) is 42.4. The standard InChI is InChI=1S/C51H67N5O4/c1-5-35(4)31-53-49(58)41(25-34(2)3)29-48(57)46(26-36-15-7-6-8-16-36)55-51(60)47(30-43-32-52-33-54-43)56-50(59)42(27-39-21-13-19-37-17-9-11-23-44(37)39)28-40-22-14-20-38-18-10-12-24-45(38)40/h9-14,17-24,32-36,41-42,46-48,57H,5-8,15-16,25-31H2,1-4H3,(H,52,54)(H,53,58)(H,55,60)(H,56,59)/t35?,41?,46?,47-,48?/m0/s1. The first-order valence-electron chi connectivity index (χ1n) is 22.5. The molecule has 4 unspecified atom stereocenters. The van der Waals surface area contributed by atoms with Gasteiger partial charge in [0.2, 0.25) is 17.7 Å². The van der Waals surface area contributed by atoms with E-state index in [-0.39, 0.29) is 42.4 Å². The molecule has 320 valence electrons. The maximum Gasteiger partial charge on any atom is 0.243 e. The number of aromatic nitrogens is 2. The first kappa shape index (κ1) is 44.5. The number of carbonyl (C=O) groups is 3. The molecule has 1 heterocycles. The van der Waals surface area contributed by atoms with E-state index in [9.17, 15) is 19.5 Å². The van der Waals surface area contributed by atoms with E-state index in [0.717, 1.165) is 70.5 Å². The summed E-state index contributed by atoms with van der Waals surface area (Å²) in [5.41, 5.74) is 2.86. The molecule has 0 radical (unpaired) electrons. The third-order valence-electron chi connectivity index (χ3n) is 12.8. The molecule has 5 N–H and O–H groups in total. The number of aromatic amines is 1. The van der Waals surface area contributed by atoms with E-state index in [2.05, 4.69) is 102 Å². The van der Waals surface area contributed by atoms with Gasteiger partial charge in [0.05, 0.1) is 18.5 Å². The van der Waals surface area contributed by atoms with Gasteiger partial charge in [0.1, 0.15) is 6.04 Å². The summed E-state index contributed by atoms with van der Waals surface area (Å²) in [6, 6.07) is 27.4. The SMILES string of the molecule is CCC(C)CNC(=O)C(CC(C)C)CC(O)C(CC1CCCCC1)NC(=O)[C@H](Cc1cnc[nH]1)NC(=O)C(Cc1cccc2ccccc12)Cc1cccc2ccccc12. The van der Waals surface area contributed by atoms with Gasteiger partial charge in [-0.15, -0.1) is 0 Å². The fourth-order valence-corrected chi connectivity index (χ4v) is 9.12. The molecule has 1 aliphatic carbocycles. The number of imidazole rings is 1. The van der Waals surface area contributed by atoms with Crippen LogP contribution >= 0.6 is 0 Å². The number of hydrogen-bond donors (Lipinski definition) is 5. The number of fused-ring (bicyclic) bond motifs is 2. The highest BCUT2D eigenvalue weighted by Crippen LogP contribution is 2.31. The van der Waals surface area contributed by atoms with Crippen molar-refractivity contribution in [3.8, 4) is 0 Å². The van der Waals surface area contributed by atoms with Crippen molar-refractivity contribution in [2.75, 3.05) is 6.54 Å². The Morgan fingerprint density at radius 3 is 1.93 bits per heavy atom. The Hall–Kier alpha value is -5.02. The number of amides is 3. The van der Waals surface area contributed by atoms with Gasteiger partial charge in [-0.3, -0.25) is 14.4 Å². The molecule has 9 heteroatoms. The lowest BCUT2D eigenvalue weighted by atomic mass is 9.81. The van der Waals surface area contributed by atoms with Crippen LogP contribution in [0.5, 0.6) is 0 Å². The molecule has 0 saturated heterocycles. The monoisotopic (exact) mass is 814 g/mol. The van der Waals surface area contributed by atoms with Crippen molar-refractivity contribution in [3.05, 3.63) is 114 Å². The molecular weight excluding hydrogens is 747 g/mol. The normalized spacial score (nSPS) is 16.1. The summed E-state index contributed by atoms with van der Waals surface area (Å²) in [6.07, 6.45) is 11.5. The molecular formula is C51H67N5O4. The predicted octanol–water partition coefficient (Wildman–Crippen LogP) is 8.88. The molecule has 9 nitrogen and oxygen atoms in total. The topological polar surface area (TPSA) is 136 Å². The number of rotatable bonds is 21. The Morgan fingerprint density at radius 2 is 1.35 bits per heavy atom.